The Labute approximate surface area is 190 Å². The van der Waals surface area contributed by atoms with Gasteiger partial charge in [-0.05, 0) is 43.7 Å². The van der Waals surface area contributed by atoms with E-state index in [1.807, 2.05) is 6.92 Å². The lowest BCUT2D eigenvalue weighted by Gasteiger charge is -2.18. The van der Waals surface area contributed by atoms with Crippen molar-refractivity contribution in [3.8, 4) is 0 Å². The minimum absolute atomic E-state index is 0. The standard InChI is InChI=1S/C21H34F2N4O.HI/c1-4-24-21(25-9-5-11-28-15-16(2)3)26-13-17-8-10-27(14-17)18-6-7-19(22)20(23)12-18;/h6-7,12,16-17H,4-5,8-11,13-15H2,1-3H3,(H2,24,25,26);1H. The molecule has 8 heteroatoms. The van der Waals surface area contributed by atoms with Crippen molar-refractivity contribution >= 4 is 35.6 Å². The number of halogens is 3. The van der Waals surface area contributed by atoms with Crippen molar-refractivity contribution < 1.29 is 13.5 Å². The Morgan fingerprint density at radius 1 is 1.28 bits per heavy atom. The Kier molecular flexibility index (Phi) is 12.4. The van der Waals surface area contributed by atoms with Gasteiger partial charge in [-0.15, -0.1) is 24.0 Å². The van der Waals surface area contributed by atoms with Crippen LogP contribution < -0.4 is 15.5 Å². The minimum atomic E-state index is -0.806. The zero-order valence-corrected chi connectivity index (χ0v) is 20.0. The molecule has 2 rings (SSSR count). The Hall–Kier alpha value is -1.16. The summed E-state index contributed by atoms with van der Waals surface area (Å²) in [7, 11) is 0. The van der Waals surface area contributed by atoms with E-state index in [-0.39, 0.29) is 24.0 Å². The predicted octanol–water partition coefficient (Wildman–Crippen LogP) is 4.03. The Morgan fingerprint density at radius 2 is 2.07 bits per heavy atom. The molecule has 29 heavy (non-hydrogen) atoms. The molecule has 1 saturated heterocycles. The van der Waals surface area contributed by atoms with Gasteiger partial charge in [-0.1, -0.05) is 13.8 Å². The highest BCUT2D eigenvalue weighted by Crippen LogP contribution is 2.25. The first kappa shape index (κ1) is 25.9. The number of hydrogen-bond donors (Lipinski definition) is 2. The largest absolute Gasteiger partial charge is 0.381 e. The van der Waals surface area contributed by atoms with Gasteiger partial charge in [0.15, 0.2) is 17.6 Å². The second-order valence-electron chi connectivity index (χ2n) is 7.67. The number of guanidine groups is 1. The van der Waals surface area contributed by atoms with Gasteiger partial charge in [0.2, 0.25) is 0 Å². The summed E-state index contributed by atoms with van der Waals surface area (Å²) < 4.78 is 32.2. The van der Waals surface area contributed by atoms with Gasteiger partial charge in [0.1, 0.15) is 0 Å². The quantitative estimate of drug-likeness (QED) is 0.210. The summed E-state index contributed by atoms with van der Waals surface area (Å²) in [5.74, 6) is 0.176. The van der Waals surface area contributed by atoms with Crippen LogP contribution in [0.2, 0.25) is 0 Å². The molecule has 0 bridgehead atoms. The molecule has 1 aliphatic heterocycles. The maximum atomic E-state index is 13.5. The molecule has 0 amide bonds. The normalized spacial score (nSPS) is 16.8. The fraction of sp³-hybridized carbons (Fsp3) is 0.667. The van der Waals surface area contributed by atoms with Crippen LogP contribution in [-0.4, -0.2) is 51.9 Å². The molecule has 1 aliphatic rings. The van der Waals surface area contributed by atoms with Crippen molar-refractivity contribution in [2.24, 2.45) is 16.8 Å². The van der Waals surface area contributed by atoms with Crippen LogP contribution in [0.3, 0.4) is 0 Å². The summed E-state index contributed by atoms with van der Waals surface area (Å²) in [6.45, 7) is 11.8. The first-order chi connectivity index (χ1) is 13.5. The Bertz CT molecular complexity index is 631. The molecular formula is C21H35F2IN4O. The average molecular weight is 524 g/mol. The second kappa shape index (κ2) is 14.0. The molecule has 1 atom stereocenters. The maximum Gasteiger partial charge on any atom is 0.191 e. The molecule has 1 unspecified atom stereocenters. The zero-order chi connectivity index (χ0) is 20.4. The molecule has 0 aliphatic carbocycles. The number of benzene rings is 1. The third-order valence-corrected chi connectivity index (χ3v) is 4.62. The molecule has 0 aromatic heterocycles. The van der Waals surface area contributed by atoms with E-state index in [1.54, 1.807) is 6.07 Å². The van der Waals surface area contributed by atoms with E-state index in [9.17, 15) is 8.78 Å². The van der Waals surface area contributed by atoms with Gasteiger partial charge >= 0.3 is 0 Å². The Morgan fingerprint density at radius 3 is 2.76 bits per heavy atom. The Balaban J connectivity index is 0.00000420. The predicted molar refractivity (Wildman–Crippen MR) is 126 cm³/mol. The summed E-state index contributed by atoms with van der Waals surface area (Å²) >= 11 is 0. The molecule has 0 saturated carbocycles. The van der Waals surface area contributed by atoms with E-state index >= 15 is 0 Å². The van der Waals surface area contributed by atoms with Gasteiger partial charge in [-0.25, -0.2) is 8.78 Å². The first-order valence-corrected chi connectivity index (χ1v) is 10.3. The van der Waals surface area contributed by atoms with Crippen LogP contribution in [0.15, 0.2) is 23.2 Å². The van der Waals surface area contributed by atoms with Crippen molar-refractivity contribution in [3.63, 3.8) is 0 Å². The van der Waals surface area contributed by atoms with Crippen LogP contribution in [0, 0.1) is 23.5 Å². The summed E-state index contributed by atoms with van der Waals surface area (Å²) in [6.07, 6.45) is 1.93. The summed E-state index contributed by atoms with van der Waals surface area (Å²) in [5, 5.41) is 6.61. The first-order valence-electron chi connectivity index (χ1n) is 10.3. The fourth-order valence-corrected chi connectivity index (χ4v) is 3.16. The third-order valence-electron chi connectivity index (χ3n) is 4.62. The average Bonchev–Trinajstić information content (AvgIpc) is 3.13. The summed E-state index contributed by atoms with van der Waals surface area (Å²) in [6, 6.07) is 4.10. The van der Waals surface area contributed by atoms with Gasteiger partial charge in [-0.2, -0.15) is 0 Å². The lowest BCUT2D eigenvalue weighted by Crippen LogP contribution is -2.38. The molecule has 1 aromatic carbocycles. The third kappa shape index (κ3) is 9.46. The number of nitrogens with one attached hydrogen (secondary N) is 2. The molecule has 0 spiro atoms. The van der Waals surface area contributed by atoms with Crippen molar-refractivity contribution in [2.75, 3.05) is 50.8 Å². The van der Waals surface area contributed by atoms with Crippen molar-refractivity contribution in [3.05, 3.63) is 29.8 Å². The number of hydrogen-bond acceptors (Lipinski definition) is 3. The van der Waals surface area contributed by atoms with E-state index in [0.717, 1.165) is 63.9 Å². The maximum absolute atomic E-state index is 13.5. The highest BCUT2D eigenvalue weighted by Gasteiger charge is 2.23. The fourth-order valence-electron chi connectivity index (χ4n) is 3.16. The number of rotatable bonds is 10. The number of nitrogens with zero attached hydrogens (tertiary/aromatic N) is 2. The van der Waals surface area contributed by atoms with Crippen LogP contribution in [0.5, 0.6) is 0 Å². The van der Waals surface area contributed by atoms with E-state index in [2.05, 4.69) is 29.4 Å². The van der Waals surface area contributed by atoms with Gasteiger partial charge < -0.3 is 20.3 Å². The SMILES string of the molecule is CCNC(=NCC1CCN(c2ccc(F)c(F)c2)C1)NCCCOCC(C)C.I. The molecule has 2 N–H and O–H groups in total. The smallest absolute Gasteiger partial charge is 0.191 e. The molecule has 0 radical (unpaired) electrons. The van der Waals surface area contributed by atoms with Crippen LogP contribution in [0.1, 0.15) is 33.6 Å². The molecule has 1 aromatic rings. The van der Waals surface area contributed by atoms with E-state index in [1.165, 1.54) is 12.1 Å². The number of aliphatic imine (C=N–C) groups is 1. The monoisotopic (exact) mass is 524 g/mol. The van der Waals surface area contributed by atoms with Gasteiger partial charge in [0.05, 0.1) is 0 Å². The molecule has 5 nitrogen and oxygen atoms in total. The minimum Gasteiger partial charge on any atom is -0.381 e. The van der Waals surface area contributed by atoms with E-state index in [4.69, 9.17) is 9.73 Å². The second-order valence-corrected chi connectivity index (χ2v) is 7.67. The van der Waals surface area contributed by atoms with Crippen molar-refractivity contribution in [1.29, 1.82) is 0 Å². The van der Waals surface area contributed by atoms with Crippen LogP contribution >= 0.6 is 24.0 Å². The lowest BCUT2D eigenvalue weighted by atomic mass is 10.1. The topological polar surface area (TPSA) is 48.9 Å². The highest BCUT2D eigenvalue weighted by atomic mass is 127. The van der Waals surface area contributed by atoms with E-state index in [0.29, 0.717) is 18.4 Å². The van der Waals surface area contributed by atoms with Gasteiger partial charge in [0, 0.05) is 57.7 Å². The number of anilines is 1. The summed E-state index contributed by atoms with van der Waals surface area (Å²) in [5.41, 5.74) is 0.733. The highest BCUT2D eigenvalue weighted by molar-refractivity contribution is 14.0. The van der Waals surface area contributed by atoms with Crippen molar-refractivity contribution in [2.45, 2.75) is 33.6 Å². The van der Waals surface area contributed by atoms with Gasteiger partial charge in [-0.3, -0.25) is 4.99 Å². The van der Waals surface area contributed by atoms with Crippen LogP contribution in [-0.2, 0) is 4.74 Å². The van der Waals surface area contributed by atoms with Crippen molar-refractivity contribution in [1.82, 2.24) is 10.6 Å². The number of ether oxygens (including phenoxy) is 1. The van der Waals surface area contributed by atoms with E-state index < -0.39 is 11.6 Å². The van der Waals surface area contributed by atoms with Gasteiger partial charge in [0.25, 0.3) is 0 Å². The van der Waals surface area contributed by atoms with Crippen LogP contribution in [0.4, 0.5) is 14.5 Å². The molecular weight excluding hydrogens is 489 g/mol. The zero-order valence-electron chi connectivity index (χ0n) is 17.7. The molecule has 1 fully saturated rings. The summed E-state index contributed by atoms with van der Waals surface area (Å²) in [4.78, 5) is 6.79. The molecule has 1 heterocycles. The molecule has 166 valence electrons. The lowest BCUT2D eigenvalue weighted by molar-refractivity contribution is 0.108. The van der Waals surface area contributed by atoms with Crippen LogP contribution in [0.25, 0.3) is 0 Å².